The van der Waals surface area contributed by atoms with Gasteiger partial charge in [-0.1, -0.05) is 0 Å². The number of imide groups is 1. The molecule has 0 bridgehead atoms. The van der Waals surface area contributed by atoms with Gasteiger partial charge in [-0.25, -0.2) is 4.79 Å². The normalized spacial score (nSPS) is 20.2. The highest BCUT2D eigenvalue weighted by Gasteiger charge is 2.43. The fraction of sp³-hybridized carbons (Fsp3) is 0.357. The van der Waals surface area contributed by atoms with Crippen molar-refractivity contribution in [3.8, 4) is 11.5 Å². The lowest BCUT2D eigenvalue weighted by Gasteiger charge is -2.42. The van der Waals surface area contributed by atoms with Crippen molar-refractivity contribution < 1.29 is 23.9 Å². The highest BCUT2D eigenvalue weighted by atomic mass is 16.7. The molecule has 3 aliphatic heterocycles. The van der Waals surface area contributed by atoms with Crippen LogP contribution in [0.3, 0.4) is 0 Å². The van der Waals surface area contributed by atoms with Crippen LogP contribution in [-0.4, -0.2) is 60.1 Å². The molecule has 3 heterocycles. The van der Waals surface area contributed by atoms with E-state index in [-0.39, 0.29) is 37.2 Å². The first kappa shape index (κ1) is 12.9. The monoisotopic (exact) mass is 303 g/mol. The molecule has 0 unspecified atom stereocenters. The zero-order valence-corrected chi connectivity index (χ0v) is 11.6. The Hall–Kier alpha value is -2.77. The Kier molecular flexibility index (Phi) is 2.72. The summed E-state index contributed by atoms with van der Waals surface area (Å²) in [4.78, 5) is 38.3. The minimum absolute atomic E-state index is 0.0332. The molecule has 1 aromatic rings. The summed E-state index contributed by atoms with van der Waals surface area (Å²) in [5.74, 6) is 0.779. The van der Waals surface area contributed by atoms with E-state index in [1.165, 1.54) is 4.90 Å². The summed E-state index contributed by atoms with van der Waals surface area (Å²) in [5, 5.41) is 2.48. The predicted molar refractivity (Wildman–Crippen MR) is 72.5 cm³/mol. The molecular weight excluding hydrogens is 290 g/mol. The van der Waals surface area contributed by atoms with Gasteiger partial charge in [0.2, 0.25) is 12.7 Å². The Labute approximate surface area is 125 Å². The standard InChI is InChI=1S/C14H13N3O5/c18-12-4-15-14(20)17(12)9-5-16(6-9)13(19)8-1-2-10-11(3-8)22-7-21-10/h1-3,9H,4-7H2,(H,15,20). The van der Waals surface area contributed by atoms with Crippen LogP contribution in [0.5, 0.6) is 11.5 Å². The number of nitrogens with one attached hydrogen (secondary N) is 1. The number of amides is 4. The molecule has 1 aromatic carbocycles. The minimum atomic E-state index is -0.384. The minimum Gasteiger partial charge on any atom is -0.454 e. The third-order valence-electron chi connectivity index (χ3n) is 4.01. The molecule has 0 spiro atoms. The fourth-order valence-corrected chi connectivity index (χ4v) is 2.80. The van der Waals surface area contributed by atoms with Crippen molar-refractivity contribution in [1.82, 2.24) is 15.1 Å². The molecule has 0 aliphatic carbocycles. The van der Waals surface area contributed by atoms with E-state index < -0.39 is 0 Å². The Balaban J connectivity index is 1.43. The van der Waals surface area contributed by atoms with Crippen molar-refractivity contribution in [2.24, 2.45) is 0 Å². The van der Waals surface area contributed by atoms with Crippen molar-refractivity contribution in [3.05, 3.63) is 23.8 Å². The number of fused-ring (bicyclic) bond motifs is 1. The number of urea groups is 1. The van der Waals surface area contributed by atoms with Crippen LogP contribution < -0.4 is 14.8 Å². The topological polar surface area (TPSA) is 88.2 Å². The summed E-state index contributed by atoms with van der Waals surface area (Å²) >= 11 is 0. The molecule has 0 atom stereocenters. The Morgan fingerprint density at radius 2 is 1.95 bits per heavy atom. The summed E-state index contributed by atoms with van der Waals surface area (Å²) in [6, 6.07) is 4.39. The molecule has 8 heteroatoms. The van der Waals surface area contributed by atoms with E-state index in [2.05, 4.69) is 5.32 Å². The molecule has 4 rings (SSSR count). The van der Waals surface area contributed by atoms with E-state index in [1.54, 1.807) is 23.1 Å². The number of ether oxygens (including phenoxy) is 2. The second kappa shape index (κ2) is 4.62. The highest BCUT2D eigenvalue weighted by molar-refractivity contribution is 6.03. The Morgan fingerprint density at radius 1 is 1.18 bits per heavy atom. The van der Waals surface area contributed by atoms with Crippen LogP contribution in [-0.2, 0) is 4.79 Å². The van der Waals surface area contributed by atoms with Gasteiger partial charge in [0.15, 0.2) is 11.5 Å². The third kappa shape index (κ3) is 1.87. The Morgan fingerprint density at radius 3 is 2.68 bits per heavy atom. The lowest BCUT2D eigenvalue weighted by molar-refractivity contribution is -0.128. The van der Waals surface area contributed by atoms with Crippen LogP contribution in [0.1, 0.15) is 10.4 Å². The zero-order valence-electron chi connectivity index (χ0n) is 11.6. The summed E-state index contributed by atoms with van der Waals surface area (Å²) in [5.41, 5.74) is 0.500. The predicted octanol–water partition coefficient (Wildman–Crippen LogP) is -0.208. The molecule has 3 aliphatic rings. The van der Waals surface area contributed by atoms with E-state index in [0.717, 1.165) is 0 Å². The number of carbonyl (C=O) groups excluding carboxylic acids is 3. The smallest absolute Gasteiger partial charge is 0.324 e. The lowest BCUT2D eigenvalue weighted by atomic mass is 10.0. The quantitative estimate of drug-likeness (QED) is 0.764. The van der Waals surface area contributed by atoms with Gasteiger partial charge in [-0.15, -0.1) is 0 Å². The number of carbonyl (C=O) groups is 3. The van der Waals surface area contributed by atoms with Crippen LogP contribution >= 0.6 is 0 Å². The second-order valence-corrected chi connectivity index (χ2v) is 5.35. The summed E-state index contributed by atoms with van der Waals surface area (Å²) in [7, 11) is 0. The number of hydrogen-bond acceptors (Lipinski definition) is 5. The third-order valence-corrected chi connectivity index (χ3v) is 4.01. The fourth-order valence-electron chi connectivity index (χ4n) is 2.80. The maximum absolute atomic E-state index is 12.4. The van der Waals surface area contributed by atoms with Crippen molar-refractivity contribution in [2.75, 3.05) is 26.4 Å². The number of benzene rings is 1. The summed E-state index contributed by atoms with van der Waals surface area (Å²) < 4.78 is 10.5. The maximum atomic E-state index is 12.4. The van der Waals surface area contributed by atoms with Crippen LogP contribution in [0.25, 0.3) is 0 Å². The molecule has 114 valence electrons. The van der Waals surface area contributed by atoms with E-state index in [1.807, 2.05) is 0 Å². The first-order chi connectivity index (χ1) is 10.6. The molecule has 0 radical (unpaired) electrons. The molecule has 1 N–H and O–H groups in total. The molecule has 2 fully saturated rings. The number of hydrogen-bond donors (Lipinski definition) is 1. The van der Waals surface area contributed by atoms with Gasteiger partial charge in [-0.2, -0.15) is 0 Å². The molecule has 0 saturated carbocycles. The molecule has 0 aromatic heterocycles. The first-order valence-corrected chi connectivity index (χ1v) is 6.92. The van der Waals surface area contributed by atoms with Crippen LogP contribution in [0.15, 0.2) is 18.2 Å². The largest absolute Gasteiger partial charge is 0.454 e. The number of rotatable bonds is 2. The lowest BCUT2D eigenvalue weighted by Crippen LogP contribution is -2.62. The first-order valence-electron chi connectivity index (χ1n) is 6.92. The van der Waals surface area contributed by atoms with Crippen LogP contribution in [0, 0.1) is 0 Å². The van der Waals surface area contributed by atoms with Gasteiger partial charge >= 0.3 is 6.03 Å². The molecule has 2 saturated heterocycles. The van der Waals surface area contributed by atoms with Gasteiger partial charge < -0.3 is 19.7 Å². The molecule has 8 nitrogen and oxygen atoms in total. The number of likely N-dealkylation sites (tertiary alicyclic amines) is 1. The van der Waals surface area contributed by atoms with E-state index in [0.29, 0.717) is 30.2 Å². The summed E-state index contributed by atoms with van der Waals surface area (Å²) in [6.45, 7) is 0.898. The van der Waals surface area contributed by atoms with E-state index in [9.17, 15) is 14.4 Å². The van der Waals surface area contributed by atoms with Crippen LogP contribution in [0.4, 0.5) is 4.79 Å². The summed E-state index contributed by atoms with van der Waals surface area (Å²) in [6.07, 6.45) is 0. The van der Waals surface area contributed by atoms with Gasteiger partial charge in [0.25, 0.3) is 5.91 Å². The van der Waals surface area contributed by atoms with Gasteiger partial charge in [0.05, 0.1) is 12.6 Å². The highest BCUT2D eigenvalue weighted by Crippen LogP contribution is 2.33. The van der Waals surface area contributed by atoms with Gasteiger partial charge in [-0.3, -0.25) is 14.5 Å². The number of nitrogens with zero attached hydrogens (tertiary/aromatic N) is 2. The Bertz CT molecular complexity index is 667. The average molecular weight is 303 g/mol. The average Bonchev–Trinajstić information content (AvgIpc) is 3.05. The molecule has 22 heavy (non-hydrogen) atoms. The van der Waals surface area contributed by atoms with Crippen molar-refractivity contribution in [1.29, 1.82) is 0 Å². The van der Waals surface area contributed by atoms with Crippen molar-refractivity contribution in [2.45, 2.75) is 6.04 Å². The van der Waals surface area contributed by atoms with Gasteiger partial charge in [-0.05, 0) is 18.2 Å². The second-order valence-electron chi connectivity index (χ2n) is 5.35. The van der Waals surface area contributed by atoms with Gasteiger partial charge in [0, 0.05) is 18.7 Å². The van der Waals surface area contributed by atoms with E-state index in [4.69, 9.17) is 9.47 Å². The maximum Gasteiger partial charge on any atom is 0.324 e. The zero-order chi connectivity index (χ0) is 15.3. The van der Waals surface area contributed by atoms with Crippen molar-refractivity contribution >= 4 is 17.8 Å². The van der Waals surface area contributed by atoms with Crippen LogP contribution in [0.2, 0.25) is 0 Å². The molecular formula is C14H13N3O5. The SMILES string of the molecule is O=C(c1ccc2c(c1)OCO2)N1CC(N2C(=O)CNC2=O)C1. The van der Waals surface area contributed by atoms with Crippen molar-refractivity contribution in [3.63, 3.8) is 0 Å². The van der Waals surface area contributed by atoms with Gasteiger partial charge in [0.1, 0.15) is 0 Å². The molecule has 4 amide bonds. The van der Waals surface area contributed by atoms with E-state index >= 15 is 0 Å².